The topological polar surface area (TPSA) is 46.6 Å². The number of halogens is 1. The summed E-state index contributed by atoms with van der Waals surface area (Å²) in [5.41, 5.74) is 0.882. The van der Waals surface area contributed by atoms with Gasteiger partial charge < -0.3 is 4.74 Å². The maximum Gasteiger partial charge on any atom is 0.243 e. The molecule has 116 valence electrons. The molecule has 1 aliphatic rings. The zero-order valence-corrected chi connectivity index (χ0v) is 12.7. The molecule has 1 unspecified atom stereocenters. The van der Waals surface area contributed by atoms with Crippen LogP contribution in [-0.4, -0.2) is 32.5 Å². The van der Waals surface area contributed by atoms with Gasteiger partial charge in [-0.15, -0.1) is 0 Å². The van der Waals surface area contributed by atoms with E-state index >= 15 is 0 Å². The second kappa shape index (κ2) is 6.16. The molecule has 22 heavy (non-hydrogen) atoms. The molecule has 0 aliphatic carbocycles. The molecule has 2 aromatic rings. The summed E-state index contributed by atoms with van der Waals surface area (Å²) >= 11 is 0. The number of ether oxygens (including phenoxy) is 1. The quantitative estimate of drug-likeness (QED) is 0.873. The molecule has 1 fully saturated rings. The Bertz CT molecular complexity index is 732. The van der Waals surface area contributed by atoms with E-state index in [1.807, 2.05) is 30.3 Å². The third kappa shape index (κ3) is 2.90. The van der Waals surface area contributed by atoms with Crippen molar-refractivity contribution < 1.29 is 17.5 Å². The lowest BCUT2D eigenvalue weighted by atomic mass is 10.1. The molecular formula is C16H16FNO3S. The lowest BCUT2D eigenvalue weighted by molar-refractivity contribution is 0.0321. The molecule has 4 nitrogen and oxygen atoms in total. The zero-order chi connectivity index (χ0) is 15.6. The van der Waals surface area contributed by atoms with E-state index in [9.17, 15) is 12.8 Å². The Kier molecular flexibility index (Phi) is 4.24. The van der Waals surface area contributed by atoms with Crippen molar-refractivity contribution in [2.45, 2.75) is 10.9 Å². The van der Waals surface area contributed by atoms with Crippen molar-refractivity contribution in [1.29, 1.82) is 0 Å². The monoisotopic (exact) mass is 321 g/mol. The normalized spacial score (nSPS) is 20.0. The molecule has 0 bridgehead atoms. The van der Waals surface area contributed by atoms with Crippen molar-refractivity contribution in [3.63, 3.8) is 0 Å². The number of sulfonamides is 1. The standard InChI is InChI=1S/C16H16FNO3S/c17-14-6-8-15(9-7-14)22(19,20)18-10-11-21-12-16(18)13-4-2-1-3-5-13/h1-9,16H,10-12H2. The molecule has 0 N–H and O–H groups in total. The second-order valence-electron chi connectivity index (χ2n) is 5.07. The summed E-state index contributed by atoms with van der Waals surface area (Å²) in [7, 11) is -3.69. The van der Waals surface area contributed by atoms with Crippen molar-refractivity contribution in [3.8, 4) is 0 Å². The van der Waals surface area contributed by atoms with Crippen LogP contribution in [0.4, 0.5) is 4.39 Å². The first-order chi connectivity index (χ1) is 10.6. The highest BCUT2D eigenvalue weighted by atomic mass is 32.2. The van der Waals surface area contributed by atoms with Gasteiger partial charge in [0.1, 0.15) is 5.82 Å². The summed E-state index contributed by atoms with van der Waals surface area (Å²) in [6.07, 6.45) is 0. The zero-order valence-electron chi connectivity index (χ0n) is 11.9. The highest BCUT2D eigenvalue weighted by Crippen LogP contribution is 2.30. The summed E-state index contributed by atoms with van der Waals surface area (Å²) < 4.78 is 45.6. The summed E-state index contributed by atoms with van der Waals surface area (Å²) in [6, 6.07) is 13.9. The van der Waals surface area contributed by atoms with E-state index in [4.69, 9.17) is 4.74 Å². The van der Waals surface area contributed by atoms with Crippen LogP contribution < -0.4 is 0 Å². The highest BCUT2D eigenvalue weighted by Gasteiger charge is 2.34. The Morgan fingerprint density at radius 1 is 1.05 bits per heavy atom. The van der Waals surface area contributed by atoms with E-state index in [0.29, 0.717) is 13.2 Å². The number of rotatable bonds is 3. The summed E-state index contributed by atoms with van der Waals surface area (Å²) in [4.78, 5) is 0.0942. The minimum Gasteiger partial charge on any atom is -0.378 e. The van der Waals surface area contributed by atoms with E-state index in [0.717, 1.165) is 17.7 Å². The van der Waals surface area contributed by atoms with Crippen molar-refractivity contribution in [1.82, 2.24) is 4.31 Å². The van der Waals surface area contributed by atoms with Gasteiger partial charge in [0, 0.05) is 6.54 Å². The third-order valence-electron chi connectivity index (χ3n) is 3.68. The van der Waals surface area contributed by atoms with Gasteiger partial charge in [-0.2, -0.15) is 4.31 Å². The van der Waals surface area contributed by atoms with Crippen molar-refractivity contribution in [2.24, 2.45) is 0 Å². The fourth-order valence-electron chi connectivity index (χ4n) is 2.56. The number of nitrogens with zero attached hydrogens (tertiary/aromatic N) is 1. The number of hydrogen-bond donors (Lipinski definition) is 0. The van der Waals surface area contributed by atoms with Crippen molar-refractivity contribution in [2.75, 3.05) is 19.8 Å². The molecule has 0 aromatic heterocycles. The summed E-state index contributed by atoms with van der Waals surface area (Å²) in [5, 5.41) is 0. The van der Waals surface area contributed by atoms with Gasteiger partial charge in [0.2, 0.25) is 10.0 Å². The Morgan fingerprint density at radius 3 is 2.41 bits per heavy atom. The van der Waals surface area contributed by atoms with Gasteiger partial charge in [-0.3, -0.25) is 0 Å². The van der Waals surface area contributed by atoms with E-state index in [1.54, 1.807) is 0 Å². The third-order valence-corrected chi connectivity index (χ3v) is 5.61. The predicted octanol–water partition coefficient (Wildman–Crippen LogP) is 2.59. The van der Waals surface area contributed by atoms with Gasteiger partial charge in [-0.1, -0.05) is 30.3 Å². The van der Waals surface area contributed by atoms with Crippen LogP contribution in [0.2, 0.25) is 0 Å². The molecule has 1 atom stereocenters. The first-order valence-corrected chi connectivity index (χ1v) is 8.43. The van der Waals surface area contributed by atoms with Gasteiger partial charge in [0.15, 0.2) is 0 Å². The van der Waals surface area contributed by atoms with Crippen LogP contribution in [0.5, 0.6) is 0 Å². The molecule has 2 aromatic carbocycles. The summed E-state index contributed by atoms with van der Waals surface area (Å²) in [5.74, 6) is -0.458. The number of benzene rings is 2. The Labute approximate surface area is 129 Å². The van der Waals surface area contributed by atoms with Gasteiger partial charge in [0.25, 0.3) is 0 Å². The molecule has 0 radical (unpaired) electrons. The molecule has 0 saturated carbocycles. The van der Waals surface area contributed by atoms with Crippen LogP contribution in [-0.2, 0) is 14.8 Å². The molecule has 6 heteroatoms. The average molecular weight is 321 g/mol. The lowest BCUT2D eigenvalue weighted by Gasteiger charge is -2.34. The van der Waals surface area contributed by atoms with Gasteiger partial charge >= 0.3 is 0 Å². The molecule has 0 spiro atoms. The minimum absolute atomic E-state index is 0.0942. The Hall–Kier alpha value is -1.76. The van der Waals surface area contributed by atoms with Crippen molar-refractivity contribution >= 4 is 10.0 Å². The van der Waals surface area contributed by atoms with Crippen LogP contribution in [0, 0.1) is 5.82 Å². The molecule has 0 amide bonds. The predicted molar refractivity (Wildman–Crippen MR) is 80.3 cm³/mol. The molecule has 1 saturated heterocycles. The minimum atomic E-state index is -3.69. The van der Waals surface area contributed by atoms with E-state index in [2.05, 4.69) is 0 Å². The van der Waals surface area contributed by atoms with Crippen LogP contribution >= 0.6 is 0 Å². The average Bonchev–Trinajstić information content (AvgIpc) is 2.56. The van der Waals surface area contributed by atoms with Gasteiger partial charge in [0.05, 0.1) is 24.2 Å². The molecule has 3 rings (SSSR count). The van der Waals surface area contributed by atoms with Crippen molar-refractivity contribution in [3.05, 3.63) is 66.0 Å². The van der Waals surface area contributed by atoms with Crippen LogP contribution in [0.1, 0.15) is 11.6 Å². The molecule has 1 aliphatic heterocycles. The molecule has 1 heterocycles. The SMILES string of the molecule is O=S(=O)(c1ccc(F)cc1)N1CCOCC1c1ccccc1. The van der Waals surface area contributed by atoms with Crippen LogP contribution in [0.25, 0.3) is 0 Å². The van der Waals surface area contributed by atoms with E-state index < -0.39 is 15.8 Å². The number of morpholine rings is 1. The first kappa shape index (κ1) is 15.1. The van der Waals surface area contributed by atoms with Crippen LogP contribution in [0.3, 0.4) is 0 Å². The smallest absolute Gasteiger partial charge is 0.243 e. The largest absolute Gasteiger partial charge is 0.378 e. The fraction of sp³-hybridized carbons (Fsp3) is 0.250. The van der Waals surface area contributed by atoms with Gasteiger partial charge in [-0.25, -0.2) is 12.8 Å². The maximum absolute atomic E-state index is 13.0. The lowest BCUT2D eigenvalue weighted by Crippen LogP contribution is -2.43. The van der Waals surface area contributed by atoms with Crippen LogP contribution in [0.15, 0.2) is 59.5 Å². The van der Waals surface area contributed by atoms with E-state index in [-0.39, 0.29) is 17.5 Å². The van der Waals surface area contributed by atoms with E-state index in [1.165, 1.54) is 16.4 Å². The highest BCUT2D eigenvalue weighted by molar-refractivity contribution is 7.89. The summed E-state index contributed by atoms with van der Waals surface area (Å²) in [6.45, 7) is 0.938. The van der Waals surface area contributed by atoms with Gasteiger partial charge in [-0.05, 0) is 29.8 Å². The first-order valence-electron chi connectivity index (χ1n) is 6.99. The Morgan fingerprint density at radius 2 is 1.73 bits per heavy atom. The number of hydrogen-bond acceptors (Lipinski definition) is 3. The Balaban J connectivity index is 1.98. The maximum atomic E-state index is 13.0. The fourth-order valence-corrected chi connectivity index (χ4v) is 4.14. The molecular weight excluding hydrogens is 305 g/mol. The second-order valence-corrected chi connectivity index (χ2v) is 6.96.